The van der Waals surface area contributed by atoms with Gasteiger partial charge in [-0.2, -0.15) is 0 Å². The topological polar surface area (TPSA) is 0 Å². The molecule has 0 aromatic heterocycles. The molecule has 0 aromatic rings. The first-order valence-corrected chi connectivity index (χ1v) is 5.49. The fourth-order valence-corrected chi connectivity index (χ4v) is 3.80. The molecule has 2 aliphatic rings. The summed E-state index contributed by atoms with van der Waals surface area (Å²) >= 11 is 7.29. The molecule has 0 spiro atoms. The van der Waals surface area contributed by atoms with Gasteiger partial charge in [0.1, 0.15) is 0 Å². The number of hydrogen-bond acceptors (Lipinski definition) is 0. The lowest BCUT2D eigenvalue weighted by Crippen LogP contribution is -2.13. The molecular weight excluding hydrogens is 256 g/mol. The van der Waals surface area contributed by atoms with E-state index in [1.165, 1.54) is 23.7 Å². The van der Waals surface area contributed by atoms with Crippen LogP contribution in [-0.2, 0) is 0 Å². The summed E-state index contributed by atoms with van der Waals surface area (Å²) in [6.45, 7) is 0. The fourth-order valence-electron chi connectivity index (χ4n) is 1.98. The minimum absolute atomic E-state index is 0.639. The second kappa shape index (κ2) is 2.63. The SMILES string of the molecule is BrC1=CC(Br)C2CCC1C2. The molecule has 10 heavy (non-hydrogen) atoms. The summed E-state index contributed by atoms with van der Waals surface area (Å²) in [5.41, 5.74) is 0. The highest BCUT2D eigenvalue weighted by molar-refractivity contribution is 9.12. The van der Waals surface area contributed by atoms with Crippen LogP contribution in [-0.4, -0.2) is 4.83 Å². The molecule has 1 fully saturated rings. The number of alkyl halides is 1. The molecule has 0 heterocycles. The van der Waals surface area contributed by atoms with E-state index >= 15 is 0 Å². The summed E-state index contributed by atoms with van der Waals surface area (Å²) in [6, 6.07) is 0. The maximum atomic E-state index is 3.68. The minimum atomic E-state index is 0.639. The quantitative estimate of drug-likeness (QED) is 0.589. The van der Waals surface area contributed by atoms with Gasteiger partial charge < -0.3 is 0 Å². The van der Waals surface area contributed by atoms with Gasteiger partial charge in [-0.1, -0.05) is 37.9 Å². The third kappa shape index (κ3) is 1.10. The van der Waals surface area contributed by atoms with E-state index in [1.54, 1.807) is 0 Å². The van der Waals surface area contributed by atoms with Crippen LogP contribution in [0.1, 0.15) is 19.3 Å². The van der Waals surface area contributed by atoms with Crippen molar-refractivity contribution in [3.8, 4) is 0 Å². The van der Waals surface area contributed by atoms with Crippen LogP contribution in [0.15, 0.2) is 10.6 Å². The van der Waals surface area contributed by atoms with Crippen LogP contribution in [0.3, 0.4) is 0 Å². The van der Waals surface area contributed by atoms with E-state index in [0.717, 1.165) is 11.8 Å². The van der Waals surface area contributed by atoms with E-state index in [9.17, 15) is 0 Å². The molecule has 0 nitrogen and oxygen atoms in total. The molecule has 2 aliphatic carbocycles. The maximum Gasteiger partial charge on any atom is 0.0364 e. The third-order valence-corrected chi connectivity index (χ3v) is 4.56. The molecule has 0 saturated heterocycles. The lowest BCUT2D eigenvalue weighted by molar-refractivity contribution is 0.532. The van der Waals surface area contributed by atoms with E-state index < -0.39 is 0 Å². The number of fused-ring (bicyclic) bond motifs is 2. The normalized spacial score (nSPS) is 45.4. The fraction of sp³-hybridized carbons (Fsp3) is 0.750. The molecule has 0 radical (unpaired) electrons. The minimum Gasteiger partial charge on any atom is -0.0842 e. The zero-order valence-corrected chi connectivity index (χ0v) is 8.86. The maximum absolute atomic E-state index is 3.68. The first kappa shape index (κ1) is 7.35. The summed E-state index contributed by atoms with van der Waals surface area (Å²) in [7, 11) is 0. The summed E-state index contributed by atoms with van der Waals surface area (Å²) in [4.78, 5) is 0.639. The zero-order valence-electron chi connectivity index (χ0n) is 5.69. The van der Waals surface area contributed by atoms with Crippen molar-refractivity contribution in [1.29, 1.82) is 0 Å². The van der Waals surface area contributed by atoms with E-state index in [0.29, 0.717) is 4.83 Å². The predicted molar refractivity (Wildman–Crippen MR) is 50.6 cm³/mol. The molecule has 2 rings (SSSR count). The van der Waals surface area contributed by atoms with E-state index in [2.05, 4.69) is 37.9 Å². The molecule has 3 atom stereocenters. The van der Waals surface area contributed by atoms with Gasteiger partial charge >= 0.3 is 0 Å². The van der Waals surface area contributed by atoms with Crippen LogP contribution in [0.4, 0.5) is 0 Å². The lowest BCUT2D eigenvalue weighted by atomic mass is 9.96. The number of rotatable bonds is 0. The molecule has 3 unspecified atom stereocenters. The van der Waals surface area contributed by atoms with Gasteiger partial charge in [-0.25, -0.2) is 0 Å². The van der Waals surface area contributed by atoms with E-state index in [1.807, 2.05) is 0 Å². The number of halogens is 2. The van der Waals surface area contributed by atoms with Gasteiger partial charge in [0.2, 0.25) is 0 Å². The Kier molecular flexibility index (Phi) is 1.94. The second-order valence-corrected chi connectivity index (χ2v) is 5.24. The van der Waals surface area contributed by atoms with Crippen LogP contribution >= 0.6 is 31.9 Å². The van der Waals surface area contributed by atoms with E-state index in [4.69, 9.17) is 0 Å². The molecule has 2 heteroatoms. The molecule has 2 bridgehead atoms. The lowest BCUT2D eigenvalue weighted by Gasteiger charge is -2.20. The monoisotopic (exact) mass is 264 g/mol. The van der Waals surface area contributed by atoms with Gasteiger partial charge in [0.05, 0.1) is 0 Å². The van der Waals surface area contributed by atoms with E-state index in [-0.39, 0.29) is 0 Å². The van der Waals surface area contributed by atoms with Crippen LogP contribution in [0.25, 0.3) is 0 Å². The number of allylic oxidation sites excluding steroid dienone is 2. The van der Waals surface area contributed by atoms with Crippen molar-refractivity contribution >= 4 is 31.9 Å². The first-order chi connectivity index (χ1) is 4.77. The van der Waals surface area contributed by atoms with Crippen LogP contribution in [0, 0.1) is 11.8 Å². The van der Waals surface area contributed by atoms with Crippen molar-refractivity contribution in [3.63, 3.8) is 0 Å². The third-order valence-electron chi connectivity index (χ3n) is 2.63. The predicted octanol–water partition coefficient (Wildman–Crippen LogP) is 3.46. The van der Waals surface area contributed by atoms with Crippen LogP contribution in [0.5, 0.6) is 0 Å². The largest absolute Gasteiger partial charge is 0.0842 e. The van der Waals surface area contributed by atoms with Crippen molar-refractivity contribution in [2.24, 2.45) is 11.8 Å². The summed E-state index contributed by atoms with van der Waals surface area (Å²) in [5, 5.41) is 0. The highest BCUT2D eigenvalue weighted by atomic mass is 79.9. The van der Waals surface area contributed by atoms with Gasteiger partial charge in [-0.05, 0) is 35.6 Å². The Morgan fingerprint density at radius 1 is 1.40 bits per heavy atom. The Balaban J connectivity index is 2.25. The highest BCUT2D eigenvalue weighted by Gasteiger charge is 2.34. The molecule has 0 aliphatic heterocycles. The van der Waals surface area contributed by atoms with Crippen LogP contribution < -0.4 is 0 Å². The van der Waals surface area contributed by atoms with Crippen molar-refractivity contribution in [1.82, 2.24) is 0 Å². The van der Waals surface area contributed by atoms with Crippen molar-refractivity contribution in [3.05, 3.63) is 10.6 Å². The smallest absolute Gasteiger partial charge is 0.0364 e. The summed E-state index contributed by atoms with van der Waals surface area (Å²) in [5.74, 6) is 1.78. The van der Waals surface area contributed by atoms with Crippen molar-refractivity contribution in [2.75, 3.05) is 0 Å². The van der Waals surface area contributed by atoms with Crippen molar-refractivity contribution in [2.45, 2.75) is 24.1 Å². The first-order valence-electron chi connectivity index (χ1n) is 3.78. The Morgan fingerprint density at radius 2 is 2.20 bits per heavy atom. The average molecular weight is 266 g/mol. The number of hydrogen-bond donors (Lipinski definition) is 0. The van der Waals surface area contributed by atoms with Gasteiger partial charge in [-0.15, -0.1) is 0 Å². The van der Waals surface area contributed by atoms with Gasteiger partial charge in [-0.3, -0.25) is 0 Å². The van der Waals surface area contributed by atoms with Gasteiger partial charge in [0.15, 0.2) is 0 Å². The molecule has 0 aromatic carbocycles. The summed E-state index contributed by atoms with van der Waals surface area (Å²) < 4.78 is 1.43. The second-order valence-electron chi connectivity index (χ2n) is 3.27. The summed E-state index contributed by atoms with van der Waals surface area (Å²) in [6.07, 6.45) is 6.52. The Bertz CT molecular complexity index is 174. The van der Waals surface area contributed by atoms with Crippen molar-refractivity contribution < 1.29 is 0 Å². The highest BCUT2D eigenvalue weighted by Crippen LogP contribution is 2.46. The van der Waals surface area contributed by atoms with Crippen LogP contribution in [0.2, 0.25) is 0 Å². The standard InChI is InChI=1S/C8H10Br2/c9-7-4-8(10)6-2-1-5(7)3-6/h4-7H,1-3H2. The van der Waals surface area contributed by atoms with Gasteiger partial charge in [0.25, 0.3) is 0 Å². The zero-order chi connectivity index (χ0) is 7.14. The Hall–Kier alpha value is 0.700. The molecule has 56 valence electrons. The molecule has 1 saturated carbocycles. The van der Waals surface area contributed by atoms with Gasteiger partial charge in [0, 0.05) is 4.83 Å². The molecule has 0 amide bonds. The Labute approximate surface area is 78.3 Å². The molecular formula is C8H10Br2. The average Bonchev–Trinajstić information content (AvgIpc) is 2.28. The Morgan fingerprint density at radius 3 is 3.00 bits per heavy atom. The molecule has 0 N–H and O–H groups in total.